The van der Waals surface area contributed by atoms with Crippen LogP contribution in [0.4, 0.5) is 0 Å². The summed E-state index contributed by atoms with van der Waals surface area (Å²) in [7, 11) is 0. The van der Waals surface area contributed by atoms with Crippen LogP contribution in [0, 0.1) is 20.8 Å². The number of benzene rings is 6. The van der Waals surface area contributed by atoms with E-state index >= 15 is 0 Å². The Kier molecular flexibility index (Phi) is 46.6. The number of phenols is 1. The van der Waals surface area contributed by atoms with Gasteiger partial charge in [0.15, 0.2) is 12.4 Å². The molecule has 0 saturated heterocycles. The molecule has 9 aromatic rings. The van der Waals surface area contributed by atoms with E-state index in [9.17, 15) is 19.5 Å². The number of hydrogen-bond donors (Lipinski definition) is 2. The zero-order chi connectivity index (χ0) is 66.2. The fourth-order valence-electron chi connectivity index (χ4n) is 6.38. The Morgan fingerprint density at radius 3 is 0.920 bits per heavy atom. The summed E-state index contributed by atoms with van der Waals surface area (Å²) < 4.78 is 10.5. The lowest BCUT2D eigenvalue weighted by atomic mass is 10.2. The highest BCUT2D eigenvalue weighted by Crippen LogP contribution is 2.36. The maximum atomic E-state index is 10.9. The zero-order valence-corrected chi connectivity index (χ0v) is 60.0. The Balaban J connectivity index is 0.00000115. The third-order valence-electron chi connectivity index (χ3n) is 10.6. The second kappa shape index (κ2) is 50.3. The molecule has 9 rings (SSSR count). The highest BCUT2D eigenvalue weighted by atomic mass is 32.2. The number of aromatic hydroxyl groups is 1. The van der Waals surface area contributed by atoms with Crippen molar-refractivity contribution in [3.63, 3.8) is 0 Å². The summed E-state index contributed by atoms with van der Waals surface area (Å²) in [5, 5.41) is 21.1. The van der Waals surface area contributed by atoms with Crippen LogP contribution in [-0.2, 0) is 31.6 Å². The quantitative estimate of drug-likeness (QED) is 0.0741. The first-order valence-electron chi connectivity index (χ1n) is 30.1. The van der Waals surface area contributed by atoms with E-state index in [1.165, 1.54) is 37.6 Å². The molecule has 3 heterocycles. The van der Waals surface area contributed by atoms with Crippen molar-refractivity contribution in [3.05, 3.63) is 196 Å². The van der Waals surface area contributed by atoms with E-state index in [1.807, 2.05) is 200 Å². The van der Waals surface area contributed by atoms with Gasteiger partial charge in [0, 0.05) is 69.7 Å². The highest BCUT2D eigenvalue weighted by molar-refractivity contribution is 7.99. The molecule has 476 valence electrons. The molecule has 0 aliphatic rings. The Hall–Kier alpha value is -6.53. The molecule has 0 aliphatic carbocycles. The monoisotopic (exact) mass is 1310 g/mol. The molecular formula is C72H95N3O7S6. The van der Waals surface area contributed by atoms with Crippen LogP contribution in [0.15, 0.2) is 178 Å². The second-order valence-electron chi connectivity index (χ2n) is 16.7. The number of hydrogen-bond acceptors (Lipinski definition) is 15. The summed E-state index contributed by atoms with van der Waals surface area (Å²) in [6, 6.07) is 53.4. The fourth-order valence-corrected chi connectivity index (χ4v) is 12.7. The van der Waals surface area contributed by atoms with Gasteiger partial charge in [-0.25, -0.2) is 19.7 Å². The van der Waals surface area contributed by atoms with E-state index in [0.29, 0.717) is 17.9 Å². The molecule has 0 unspecified atom stereocenters. The Morgan fingerprint density at radius 2 is 0.670 bits per heavy atom. The van der Waals surface area contributed by atoms with E-state index in [2.05, 4.69) is 60.2 Å². The normalized spacial score (nSPS) is 9.43. The molecule has 0 bridgehead atoms. The van der Waals surface area contributed by atoms with Gasteiger partial charge in [-0.05, 0) is 107 Å². The number of phenolic OH excluding ortho intramolecular Hbond substituents is 1. The number of Topliss-reactive ketones (excluding diaryl/α,β-unsaturated/α-hetero) is 2. The third-order valence-corrected chi connectivity index (χ3v) is 17.9. The lowest BCUT2D eigenvalue weighted by molar-refractivity contribution is -0.139. The standard InChI is InChI=1S/C20H19NO2S2.C19H17NO3S2.C17H15NOS2.C4H8O.6C2H6/c1-14(22)12-23-17-8-10-18(11-9-17)24-13-19-15(2)21-20(25-19)16-6-4-3-5-7-16;1-13-17(25-19(20-13)14-5-3-2-4-6-14)12-24-16-9-7-15(8-10-16)23-11-18(21)22;1-12-16(11-20-15-9-7-14(19)8-10-15)21-17(18-12)13-5-3-2-4-6-13;1-3-4(2)5;6*1-2/h3-11H,12-13H2,1-2H3;2-10H,11-12H2,1H3,(H,21,22);2-10,19H,11H2,1H3;3H2,1-2H3;6*1-2H3. The van der Waals surface area contributed by atoms with Gasteiger partial charge in [0.05, 0.1) is 17.1 Å². The molecule has 88 heavy (non-hydrogen) atoms. The molecule has 0 saturated carbocycles. The van der Waals surface area contributed by atoms with Crippen LogP contribution in [0.25, 0.3) is 31.7 Å². The summed E-state index contributed by atoms with van der Waals surface area (Å²) >= 11 is 10.5. The van der Waals surface area contributed by atoms with Gasteiger partial charge in [-0.3, -0.25) is 4.79 Å². The molecule has 10 nitrogen and oxygen atoms in total. The molecule has 2 N–H and O–H groups in total. The second-order valence-corrected chi connectivity index (χ2v) is 23.1. The number of nitrogens with zero attached hydrogens (tertiary/aromatic N) is 3. The van der Waals surface area contributed by atoms with E-state index in [-0.39, 0.29) is 24.8 Å². The zero-order valence-electron chi connectivity index (χ0n) is 55.1. The van der Waals surface area contributed by atoms with Crippen molar-refractivity contribution in [2.24, 2.45) is 0 Å². The average molecular weight is 1310 g/mol. The number of carboxylic acids is 1. The minimum Gasteiger partial charge on any atom is -0.508 e. The largest absolute Gasteiger partial charge is 0.508 e. The minimum absolute atomic E-state index is 0.0216. The predicted octanol–water partition coefficient (Wildman–Crippen LogP) is 22.5. The number of carbonyl (C=O) groups excluding carboxylic acids is 2. The van der Waals surface area contributed by atoms with Crippen LogP contribution < -0.4 is 9.47 Å². The fraction of sp³-hybridized carbons (Fsp3) is 0.333. The summed E-state index contributed by atoms with van der Waals surface area (Å²) in [5.74, 6) is 3.54. The average Bonchev–Trinajstić information content (AvgIpc) is 4.46. The van der Waals surface area contributed by atoms with Gasteiger partial charge in [-0.2, -0.15) is 0 Å². The molecule has 0 radical (unpaired) electrons. The molecule has 0 spiro atoms. The van der Waals surface area contributed by atoms with Gasteiger partial charge in [-0.15, -0.1) is 69.3 Å². The number of ether oxygens (including phenoxy) is 2. The molecule has 0 aliphatic heterocycles. The van der Waals surface area contributed by atoms with Crippen LogP contribution in [0.5, 0.6) is 17.2 Å². The van der Waals surface area contributed by atoms with E-state index < -0.39 is 5.97 Å². The SMILES string of the molecule is CC.CC.CC.CC.CC.CC.CC(=O)COc1ccc(SCc2sc(-c3ccccc3)nc2C)cc1.CCC(C)=O.Cc1nc(-c2ccccc2)sc1CSc1ccc(O)cc1.Cc1nc(-c2ccccc2)sc1CSc1ccc(OCC(=O)O)cc1. The van der Waals surface area contributed by atoms with Crippen LogP contribution in [0.3, 0.4) is 0 Å². The first kappa shape index (κ1) is 81.5. The smallest absolute Gasteiger partial charge is 0.341 e. The Morgan fingerprint density at radius 1 is 0.409 bits per heavy atom. The van der Waals surface area contributed by atoms with E-state index in [0.717, 1.165) is 70.5 Å². The number of aromatic nitrogens is 3. The summed E-state index contributed by atoms with van der Waals surface area (Å²) in [6.45, 7) is 34.9. The van der Waals surface area contributed by atoms with Gasteiger partial charge in [0.2, 0.25) is 0 Å². The van der Waals surface area contributed by atoms with Crippen molar-refractivity contribution in [3.8, 4) is 49.0 Å². The van der Waals surface area contributed by atoms with Crippen molar-refractivity contribution >= 4 is 86.8 Å². The van der Waals surface area contributed by atoms with Gasteiger partial charge >= 0.3 is 5.97 Å². The first-order chi connectivity index (χ1) is 42.7. The molecule has 0 amide bonds. The molecule has 0 atom stereocenters. The molecular weight excluding hydrogens is 1210 g/mol. The summed E-state index contributed by atoms with van der Waals surface area (Å²) in [6.07, 6.45) is 0.667. The van der Waals surface area contributed by atoms with Gasteiger partial charge in [-0.1, -0.05) is 181 Å². The van der Waals surface area contributed by atoms with Gasteiger partial charge in [0.25, 0.3) is 0 Å². The van der Waals surface area contributed by atoms with E-state index in [1.54, 1.807) is 100 Å². The van der Waals surface area contributed by atoms with E-state index in [4.69, 9.17) is 19.6 Å². The summed E-state index contributed by atoms with van der Waals surface area (Å²) in [5.41, 5.74) is 6.75. The number of carboxylic acid groups (broad SMARTS) is 1. The van der Waals surface area contributed by atoms with Crippen molar-refractivity contribution in [1.29, 1.82) is 0 Å². The lowest BCUT2D eigenvalue weighted by Crippen LogP contribution is -2.09. The number of aliphatic carboxylic acids is 1. The predicted molar refractivity (Wildman–Crippen MR) is 385 cm³/mol. The van der Waals surface area contributed by atoms with Crippen LogP contribution in [0.2, 0.25) is 0 Å². The third kappa shape index (κ3) is 32.6. The minimum atomic E-state index is -0.978. The summed E-state index contributed by atoms with van der Waals surface area (Å²) in [4.78, 5) is 52.6. The maximum Gasteiger partial charge on any atom is 0.341 e. The van der Waals surface area contributed by atoms with Crippen molar-refractivity contribution in [2.45, 2.75) is 163 Å². The Bertz CT molecular complexity index is 3060. The van der Waals surface area contributed by atoms with Crippen molar-refractivity contribution < 1.29 is 34.1 Å². The van der Waals surface area contributed by atoms with Crippen molar-refractivity contribution in [2.75, 3.05) is 13.2 Å². The number of thioether (sulfide) groups is 3. The molecule has 16 heteroatoms. The Labute approximate surface area is 552 Å². The molecule has 6 aromatic carbocycles. The van der Waals surface area contributed by atoms with Gasteiger partial charge in [0.1, 0.15) is 44.7 Å². The van der Waals surface area contributed by atoms with Crippen LogP contribution >= 0.6 is 69.3 Å². The van der Waals surface area contributed by atoms with Crippen LogP contribution in [-0.4, -0.2) is 55.9 Å². The van der Waals surface area contributed by atoms with Crippen LogP contribution in [0.1, 0.15) is 142 Å². The highest BCUT2D eigenvalue weighted by Gasteiger charge is 2.13. The number of rotatable bonds is 19. The van der Waals surface area contributed by atoms with Gasteiger partial charge < -0.3 is 24.5 Å². The number of aryl methyl sites for hydroxylation is 3. The number of ketones is 2. The number of carbonyl (C=O) groups is 3. The maximum absolute atomic E-state index is 10.9. The lowest BCUT2D eigenvalue weighted by Gasteiger charge is -2.05. The molecule has 3 aromatic heterocycles. The van der Waals surface area contributed by atoms with Crippen molar-refractivity contribution in [1.82, 2.24) is 15.0 Å². The molecule has 0 fully saturated rings. The topological polar surface area (TPSA) is 149 Å². The number of thiazole rings is 3. The first-order valence-corrected chi connectivity index (χ1v) is 35.5.